The monoisotopic (exact) mass is 524 g/mol. The maximum atomic E-state index is 11.8. The summed E-state index contributed by atoms with van der Waals surface area (Å²) in [4.78, 5) is 27.8. The highest BCUT2D eigenvalue weighted by atomic mass is 35.5. The van der Waals surface area contributed by atoms with Crippen molar-refractivity contribution in [3.05, 3.63) is 52.4 Å². The summed E-state index contributed by atoms with van der Waals surface area (Å²) < 4.78 is 16.8. The van der Waals surface area contributed by atoms with Crippen LogP contribution in [0.1, 0.15) is 11.8 Å². The lowest BCUT2D eigenvalue weighted by atomic mass is 10.0. The number of halogens is 1. The maximum absolute atomic E-state index is 11.8. The molecule has 0 radical (unpaired) electrons. The molecule has 10 heteroatoms. The molecule has 4 aromatic rings. The van der Waals surface area contributed by atoms with Gasteiger partial charge < -0.3 is 18.8 Å². The molecular formula is C26H25ClN4O4S. The zero-order chi connectivity index (χ0) is 25.7. The molecule has 0 N–H and O–H groups in total. The summed E-state index contributed by atoms with van der Waals surface area (Å²) >= 11 is 7.50. The van der Waals surface area contributed by atoms with Gasteiger partial charge in [-0.15, -0.1) is 0 Å². The number of carbonyl (C=O) groups is 1. The third kappa shape index (κ3) is 5.75. The van der Waals surface area contributed by atoms with Gasteiger partial charge in [0.25, 0.3) is 0 Å². The quantitative estimate of drug-likeness (QED) is 0.149. The second-order valence-electron chi connectivity index (χ2n) is 7.87. The fourth-order valence-corrected chi connectivity index (χ4v) is 4.40. The topological polar surface area (TPSA) is 89.5 Å². The van der Waals surface area contributed by atoms with Gasteiger partial charge in [-0.1, -0.05) is 35.1 Å². The Bertz CT molecular complexity index is 1420. The third-order valence-corrected chi connectivity index (χ3v) is 6.17. The Morgan fingerprint density at radius 1 is 1.22 bits per heavy atom. The van der Waals surface area contributed by atoms with Crippen molar-refractivity contribution >= 4 is 57.6 Å². The molecule has 2 aromatic heterocycles. The third-order valence-electron chi connectivity index (χ3n) is 5.02. The second kappa shape index (κ2) is 11.4. The van der Waals surface area contributed by atoms with E-state index >= 15 is 0 Å². The van der Waals surface area contributed by atoms with E-state index < -0.39 is 5.97 Å². The average Bonchev–Trinajstić information content (AvgIpc) is 3.44. The smallest absolute Gasteiger partial charge is 0.327 e. The molecule has 0 bridgehead atoms. The second-order valence-corrected chi connectivity index (χ2v) is 9.31. The number of esters is 1. The number of furan rings is 1. The number of thiazole rings is 1. The zero-order valence-electron chi connectivity index (χ0n) is 20.3. The van der Waals surface area contributed by atoms with E-state index in [1.807, 2.05) is 61.5 Å². The van der Waals surface area contributed by atoms with Gasteiger partial charge in [0, 0.05) is 36.3 Å². The summed E-state index contributed by atoms with van der Waals surface area (Å²) in [5, 5.41) is 2.02. The summed E-state index contributed by atoms with van der Waals surface area (Å²) in [6.45, 7) is 1.96. The van der Waals surface area contributed by atoms with Crippen molar-refractivity contribution in [3.63, 3.8) is 0 Å². The maximum Gasteiger partial charge on any atom is 0.327 e. The predicted molar refractivity (Wildman–Crippen MR) is 145 cm³/mol. The number of fused-ring (bicyclic) bond motifs is 1. The Balaban J connectivity index is 1.90. The van der Waals surface area contributed by atoms with Crippen LogP contribution in [0.4, 0.5) is 5.13 Å². The minimum absolute atomic E-state index is 0.0944. The van der Waals surface area contributed by atoms with Gasteiger partial charge in [0.05, 0.1) is 24.9 Å². The molecule has 0 saturated carbocycles. The van der Waals surface area contributed by atoms with Gasteiger partial charge in [-0.2, -0.15) is 0 Å². The van der Waals surface area contributed by atoms with Crippen molar-refractivity contribution in [1.82, 2.24) is 9.88 Å². The highest BCUT2D eigenvalue weighted by Gasteiger charge is 2.23. The number of nitrogens with zero attached hydrogens (tertiary/aromatic N) is 4. The van der Waals surface area contributed by atoms with Crippen LogP contribution in [-0.2, 0) is 9.53 Å². The molecule has 0 spiro atoms. The van der Waals surface area contributed by atoms with E-state index in [0.717, 1.165) is 16.5 Å². The largest absolute Gasteiger partial charge is 0.497 e. The number of aliphatic imine (C=N–C) groups is 2. The van der Waals surface area contributed by atoms with Crippen LogP contribution in [-0.4, -0.2) is 62.8 Å². The van der Waals surface area contributed by atoms with Gasteiger partial charge in [-0.05, 0) is 42.8 Å². The molecule has 0 aliphatic carbocycles. The van der Waals surface area contributed by atoms with Crippen molar-refractivity contribution in [3.8, 4) is 28.3 Å². The average molecular weight is 525 g/mol. The molecule has 0 atom stereocenters. The normalized spacial score (nSPS) is 11.6. The molecule has 0 aliphatic heterocycles. The van der Waals surface area contributed by atoms with Crippen LogP contribution in [0.15, 0.2) is 56.9 Å². The van der Waals surface area contributed by atoms with Gasteiger partial charge in [-0.3, -0.25) is 9.79 Å². The van der Waals surface area contributed by atoms with Crippen LogP contribution >= 0.6 is 22.9 Å². The van der Waals surface area contributed by atoms with Crippen LogP contribution in [0.25, 0.3) is 33.6 Å². The van der Waals surface area contributed by atoms with Crippen molar-refractivity contribution in [1.29, 1.82) is 0 Å². The van der Waals surface area contributed by atoms with E-state index in [1.165, 1.54) is 11.3 Å². The molecule has 0 unspecified atom stereocenters. The van der Waals surface area contributed by atoms with Crippen molar-refractivity contribution in [2.75, 3.05) is 34.4 Å². The Morgan fingerprint density at radius 2 is 2.00 bits per heavy atom. The van der Waals surface area contributed by atoms with Crippen LogP contribution in [0.5, 0.6) is 5.75 Å². The number of hydrogen-bond acceptors (Lipinski definition) is 8. The minimum Gasteiger partial charge on any atom is -0.497 e. The molecule has 186 valence electrons. The number of carbonyl (C=O) groups excluding carboxylic acids is 1. The molecule has 4 rings (SSSR count). The fourth-order valence-electron chi connectivity index (χ4n) is 3.47. The summed E-state index contributed by atoms with van der Waals surface area (Å²) in [5.74, 6) is 0.861. The van der Waals surface area contributed by atoms with Crippen LogP contribution in [0.2, 0.25) is 5.02 Å². The fraction of sp³-hybridized carbons (Fsp3) is 0.231. The Hall–Kier alpha value is -3.69. The SMILES string of the molecule is CCOC(=O)CN=Cc1sc(/N=C/N(C)C)nc1-c1oc2ccc(OC)cc2c1-c1ccc(Cl)cc1. The Morgan fingerprint density at radius 3 is 2.69 bits per heavy atom. The highest BCUT2D eigenvalue weighted by molar-refractivity contribution is 7.17. The predicted octanol–water partition coefficient (Wildman–Crippen LogP) is 6.09. The number of benzene rings is 2. The summed E-state index contributed by atoms with van der Waals surface area (Å²) in [7, 11) is 5.38. The Labute approximate surface area is 217 Å². The van der Waals surface area contributed by atoms with E-state index in [1.54, 1.807) is 26.6 Å². The first-order chi connectivity index (χ1) is 17.4. The molecule has 2 aromatic carbocycles. The highest BCUT2D eigenvalue weighted by Crippen LogP contribution is 2.44. The first-order valence-corrected chi connectivity index (χ1v) is 12.3. The van der Waals surface area contributed by atoms with Gasteiger partial charge in [0.1, 0.15) is 23.6 Å². The summed E-state index contributed by atoms with van der Waals surface area (Å²) in [6.07, 6.45) is 3.28. The van der Waals surface area contributed by atoms with E-state index in [2.05, 4.69) is 9.98 Å². The van der Waals surface area contributed by atoms with Gasteiger partial charge in [-0.25, -0.2) is 9.98 Å². The lowest BCUT2D eigenvalue weighted by molar-refractivity contribution is -0.141. The van der Waals surface area contributed by atoms with Crippen molar-refractivity contribution in [2.45, 2.75) is 6.92 Å². The van der Waals surface area contributed by atoms with E-state index in [9.17, 15) is 4.79 Å². The molecule has 2 heterocycles. The van der Waals surface area contributed by atoms with Crippen molar-refractivity contribution < 1.29 is 18.7 Å². The molecule has 36 heavy (non-hydrogen) atoms. The summed E-state index contributed by atoms with van der Waals surface area (Å²) in [5.41, 5.74) is 2.99. The lowest BCUT2D eigenvalue weighted by Gasteiger charge is -2.04. The van der Waals surface area contributed by atoms with Crippen LogP contribution in [0.3, 0.4) is 0 Å². The van der Waals surface area contributed by atoms with Crippen molar-refractivity contribution in [2.24, 2.45) is 9.98 Å². The summed E-state index contributed by atoms with van der Waals surface area (Å²) in [6, 6.07) is 13.2. The molecular weight excluding hydrogens is 500 g/mol. The number of rotatable bonds is 9. The Kier molecular flexibility index (Phi) is 8.02. The lowest BCUT2D eigenvalue weighted by Crippen LogP contribution is -2.07. The van der Waals surface area contributed by atoms with E-state index in [0.29, 0.717) is 44.4 Å². The zero-order valence-corrected chi connectivity index (χ0v) is 21.9. The van der Waals surface area contributed by atoms with E-state index in [-0.39, 0.29) is 6.54 Å². The first kappa shape index (κ1) is 25.4. The minimum atomic E-state index is -0.400. The van der Waals surface area contributed by atoms with Crippen LogP contribution in [0, 0.1) is 0 Å². The standard InChI is InChI=1S/C26H25ClN4O4S/c1-5-34-22(32)14-28-13-21-24(30-26(36-21)29-15-31(2)3)25-23(16-6-8-17(27)9-7-16)19-12-18(33-4)10-11-20(19)35-25/h6-13,15H,5,14H2,1-4H3/b28-13?,29-15+. The van der Waals surface area contributed by atoms with Gasteiger partial charge in [0.2, 0.25) is 5.13 Å². The first-order valence-electron chi connectivity index (χ1n) is 11.1. The van der Waals surface area contributed by atoms with Gasteiger partial charge in [0.15, 0.2) is 5.76 Å². The number of hydrogen-bond donors (Lipinski definition) is 0. The molecule has 0 amide bonds. The number of aromatic nitrogens is 1. The van der Waals surface area contributed by atoms with Crippen LogP contribution < -0.4 is 4.74 Å². The molecule has 0 aliphatic rings. The number of ether oxygens (including phenoxy) is 2. The van der Waals surface area contributed by atoms with E-state index in [4.69, 9.17) is 30.5 Å². The molecule has 8 nitrogen and oxygen atoms in total. The molecule has 0 saturated heterocycles. The van der Waals surface area contributed by atoms with Gasteiger partial charge >= 0.3 is 5.97 Å². The molecule has 0 fully saturated rings. The number of methoxy groups -OCH3 is 1.